The van der Waals surface area contributed by atoms with E-state index in [1.165, 1.54) is 106 Å². The van der Waals surface area contributed by atoms with Crippen molar-refractivity contribution in [3.05, 3.63) is 246 Å². The number of anilines is 3. The van der Waals surface area contributed by atoms with E-state index in [0.717, 1.165) is 25.7 Å². The first kappa shape index (κ1) is 37.3. The fraction of sp³-hybridized carbons (Fsp3) is 0.143. The molecule has 4 aliphatic rings. The average Bonchev–Trinajstić information content (AvgIpc) is 3.87. The van der Waals surface area contributed by atoms with Gasteiger partial charge in [-0.2, -0.15) is 0 Å². The van der Waals surface area contributed by atoms with E-state index >= 15 is 0 Å². The molecule has 0 radical (unpaired) electrons. The molecule has 0 bridgehead atoms. The van der Waals surface area contributed by atoms with Gasteiger partial charge in [-0.25, -0.2) is 0 Å². The van der Waals surface area contributed by atoms with E-state index in [1.807, 2.05) is 0 Å². The highest BCUT2D eigenvalue weighted by Crippen LogP contribution is 2.64. The lowest BCUT2D eigenvalue weighted by Gasteiger charge is -2.46. The van der Waals surface area contributed by atoms with Crippen LogP contribution in [0.15, 0.2) is 212 Å². The monoisotopic (exact) mass is 819 g/mol. The van der Waals surface area contributed by atoms with Gasteiger partial charge in [0.05, 0.1) is 0 Å². The summed E-state index contributed by atoms with van der Waals surface area (Å²) in [7, 11) is 0. The molecule has 64 heavy (non-hydrogen) atoms. The molecule has 0 atom stereocenters. The predicted octanol–water partition coefficient (Wildman–Crippen LogP) is 16.6. The SMILES string of the molecule is CC1(C)c2ccccc2-c2ccc(N(c3ccccc3)c3ccc4c(c3)C3(CCC5(CC3)c3cc(-c6ccccc6)ccc3-c3ccc(-c6ccccc6)cc35)c3ccccc3-4)cc21. The third-order valence-corrected chi connectivity index (χ3v) is 15.9. The maximum Gasteiger partial charge on any atom is 0.0465 e. The van der Waals surface area contributed by atoms with Gasteiger partial charge in [-0.15, -0.1) is 0 Å². The molecule has 0 amide bonds. The first-order valence-corrected chi connectivity index (χ1v) is 23.2. The predicted molar refractivity (Wildman–Crippen MR) is 267 cm³/mol. The summed E-state index contributed by atoms with van der Waals surface area (Å²) in [6.45, 7) is 4.76. The molecule has 306 valence electrons. The number of hydrogen-bond donors (Lipinski definition) is 0. The molecule has 0 saturated heterocycles. The molecule has 0 heterocycles. The van der Waals surface area contributed by atoms with Crippen molar-refractivity contribution in [3.63, 3.8) is 0 Å². The number of nitrogens with zero attached hydrogens (tertiary/aromatic N) is 1. The Hall–Kier alpha value is -7.22. The number of fused-ring (bicyclic) bond motifs is 13. The van der Waals surface area contributed by atoms with E-state index in [2.05, 4.69) is 231 Å². The normalized spacial score (nSPS) is 16.1. The second-order valence-corrected chi connectivity index (χ2v) is 19.3. The summed E-state index contributed by atoms with van der Waals surface area (Å²) in [6, 6.07) is 80.4. The quantitative estimate of drug-likeness (QED) is 0.167. The van der Waals surface area contributed by atoms with Crippen LogP contribution in [0.1, 0.15) is 72.9 Å². The van der Waals surface area contributed by atoms with Gasteiger partial charge in [0.25, 0.3) is 0 Å². The van der Waals surface area contributed by atoms with Crippen LogP contribution in [0.2, 0.25) is 0 Å². The molecule has 9 aromatic rings. The van der Waals surface area contributed by atoms with Crippen molar-refractivity contribution in [2.45, 2.75) is 55.8 Å². The van der Waals surface area contributed by atoms with Gasteiger partial charge in [-0.05, 0) is 163 Å². The molecule has 1 heteroatoms. The minimum Gasteiger partial charge on any atom is -0.310 e. The van der Waals surface area contributed by atoms with E-state index < -0.39 is 0 Å². The minimum absolute atomic E-state index is 0.0901. The van der Waals surface area contributed by atoms with Gasteiger partial charge in [0.15, 0.2) is 0 Å². The number of benzene rings is 9. The third-order valence-electron chi connectivity index (χ3n) is 15.9. The Morgan fingerprint density at radius 2 is 0.656 bits per heavy atom. The van der Waals surface area contributed by atoms with Crippen molar-refractivity contribution >= 4 is 17.1 Å². The standard InChI is InChI=1S/C63H49N/c1-61(2)55-24-14-12-22-49(55)51-32-28-47(40-57(51)61)64(46-20-10-5-11-21-46)48-29-33-54-50-23-13-15-25-56(50)62(60(54)41-48)34-36-63(37-35-62)58-38-44(42-16-6-3-7-17-42)26-30-52(58)53-31-27-45(39-59(53)63)43-18-8-4-9-19-43/h3-33,38-41H,34-37H2,1-2H3. The van der Waals surface area contributed by atoms with Crippen LogP contribution in [0.4, 0.5) is 17.1 Å². The van der Waals surface area contributed by atoms with Crippen molar-refractivity contribution in [1.82, 2.24) is 0 Å². The number of hydrogen-bond acceptors (Lipinski definition) is 1. The smallest absolute Gasteiger partial charge is 0.0465 e. The Kier molecular flexibility index (Phi) is 8.10. The maximum atomic E-state index is 2.57. The van der Waals surface area contributed by atoms with Crippen molar-refractivity contribution in [3.8, 4) is 55.6 Å². The van der Waals surface area contributed by atoms with E-state index in [1.54, 1.807) is 0 Å². The third kappa shape index (κ3) is 5.31. The van der Waals surface area contributed by atoms with Gasteiger partial charge in [0.1, 0.15) is 0 Å². The topological polar surface area (TPSA) is 3.24 Å². The highest BCUT2D eigenvalue weighted by Gasteiger charge is 2.53. The van der Waals surface area contributed by atoms with Crippen LogP contribution in [0.5, 0.6) is 0 Å². The summed E-state index contributed by atoms with van der Waals surface area (Å²) in [4.78, 5) is 2.50. The molecule has 13 rings (SSSR count). The Morgan fingerprint density at radius 3 is 1.20 bits per heavy atom. The summed E-state index contributed by atoms with van der Waals surface area (Å²) < 4.78 is 0. The first-order chi connectivity index (χ1) is 31.4. The number of rotatable bonds is 5. The van der Waals surface area contributed by atoms with E-state index in [9.17, 15) is 0 Å². The van der Waals surface area contributed by atoms with Crippen LogP contribution < -0.4 is 4.90 Å². The lowest BCUT2D eigenvalue weighted by atomic mass is 9.57. The summed E-state index contributed by atoms with van der Waals surface area (Å²) in [5.74, 6) is 0. The van der Waals surface area contributed by atoms with Crippen LogP contribution in [-0.2, 0) is 16.2 Å². The number of para-hydroxylation sites is 1. The molecule has 1 nitrogen and oxygen atoms in total. The van der Waals surface area contributed by atoms with Gasteiger partial charge in [-0.1, -0.05) is 178 Å². The van der Waals surface area contributed by atoms with E-state index in [-0.39, 0.29) is 16.2 Å². The Bertz CT molecular complexity index is 3200. The minimum atomic E-state index is -0.103. The van der Waals surface area contributed by atoms with Crippen LogP contribution in [-0.4, -0.2) is 0 Å². The lowest BCUT2D eigenvalue weighted by molar-refractivity contribution is 0.265. The zero-order valence-electron chi connectivity index (χ0n) is 36.5. The Balaban J connectivity index is 0.950. The molecule has 0 unspecified atom stereocenters. The van der Waals surface area contributed by atoms with Gasteiger partial charge in [0, 0.05) is 33.3 Å². The highest BCUT2D eigenvalue weighted by molar-refractivity contribution is 5.90. The molecule has 1 fully saturated rings. The van der Waals surface area contributed by atoms with Crippen LogP contribution in [0.25, 0.3) is 55.6 Å². The van der Waals surface area contributed by atoms with Gasteiger partial charge in [-0.3, -0.25) is 0 Å². The molecule has 2 spiro atoms. The van der Waals surface area contributed by atoms with Crippen LogP contribution in [0, 0.1) is 0 Å². The Labute approximate surface area is 377 Å². The molecule has 0 aromatic heterocycles. The molecule has 4 aliphatic carbocycles. The van der Waals surface area contributed by atoms with Crippen molar-refractivity contribution < 1.29 is 0 Å². The fourth-order valence-corrected chi connectivity index (χ4v) is 12.7. The fourth-order valence-electron chi connectivity index (χ4n) is 12.7. The lowest BCUT2D eigenvalue weighted by Crippen LogP contribution is -2.39. The second kappa shape index (κ2) is 13.9. The zero-order chi connectivity index (χ0) is 42.6. The zero-order valence-corrected chi connectivity index (χ0v) is 36.5. The van der Waals surface area contributed by atoms with Gasteiger partial charge in [0.2, 0.25) is 0 Å². The molecule has 9 aromatic carbocycles. The van der Waals surface area contributed by atoms with Crippen molar-refractivity contribution in [2.75, 3.05) is 4.90 Å². The second-order valence-electron chi connectivity index (χ2n) is 19.3. The Morgan fingerprint density at radius 1 is 0.281 bits per heavy atom. The first-order valence-electron chi connectivity index (χ1n) is 23.2. The maximum absolute atomic E-state index is 2.57. The van der Waals surface area contributed by atoms with Crippen molar-refractivity contribution in [1.29, 1.82) is 0 Å². The average molecular weight is 820 g/mol. The molecule has 1 saturated carbocycles. The molecular formula is C63H49N. The largest absolute Gasteiger partial charge is 0.310 e. The molecule has 0 aliphatic heterocycles. The molecular weight excluding hydrogens is 771 g/mol. The molecule has 0 N–H and O–H groups in total. The highest BCUT2D eigenvalue weighted by atomic mass is 15.1. The summed E-state index contributed by atoms with van der Waals surface area (Å²) >= 11 is 0. The summed E-state index contributed by atoms with van der Waals surface area (Å²) in [6.07, 6.45) is 4.29. The van der Waals surface area contributed by atoms with Crippen molar-refractivity contribution in [2.24, 2.45) is 0 Å². The van der Waals surface area contributed by atoms with Crippen LogP contribution >= 0.6 is 0 Å². The van der Waals surface area contributed by atoms with E-state index in [0.29, 0.717) is 0 Å². The summed E-state index contributed by atoms with van der Waals surface area (Å²) in [5.41, 5.74) is 25.5. The van der Waals surface area contributed by atoms with Crippen LogP contribution in [0.3, 0.4) is 0 Å². The van der Waals surface area contributed by atoms with E-state index in [4.69, 9.17) is 0 Å². The van der Waals surface area contributed by atoms with Gasteiger partial charge < -0.3 is 4.90 Å². The van der Waals surface area contributed by atoms with Gasteiger partial charge >= 0.3 is 0 Å². The summed E-state index contributed by atoms with van der Waals surface area (Å²) in [5, 5.41) is 0.